The molecule has 0 aliphatic heterocycles. The van der Waals surface area contributed by atoms with Crippen molar-refractivity contribution < 1.29 is 0 Å². The Morgan fingerprint density at radius 2 is 1.63 bits per heavy atom. The van der Waals surface area contributed by atoms with E-state index in [2.05, 4.69) is 69.0 Å². The van der Waals surface area contributed by atoms with Gasteiger partial charge in [0.2, 0.25) is 0 Å². The van der Waals surface area contributed by atoms with Crippen molar-refractivity contribution in [1.29, 1.82) is 0 Å². The summed E-state index contributed by atoms with van der Waals surface area (Å²) in [7, 11) is 0. The average molecular weight is 361 g/mol. The van der Waals surface area contributed by atoms with Crippen LogP contribution in [0.3, 0.4) is 0 Å². The molecule has 0 nitrogen and oxygen atoms in total. The molecule has 0 aromatic heterocycles. The highest BCUT2D eigenvalue weighted by Crippen LogP contribution is 2.41. The maximum absolute atomic E-state index is 4.18. The molecule has 0 spiro atoms. The summed E-state index contributed by atoms with van der Waals surface area (Å²) in [4.78, 5) is 0. The van der Waals surface area contributed by atoms with E-state index in [0.29, 0.717) is 0 Å². The van der Waals surface area contributed by atoms with Gasteiger partial charge in [-0.25, -0.2) is 0 Å². The standard InChI is InChI=1S/C27H36/c1-4-8-22-13-17-24(18-14-22)26-9-6-7-10-27(26)25-19-15-23(16-20-25)12-11-21(3)5-2/h6-7,9-10,13-14,17-18,23,25H,3-5,8,11-12,15-16,19-20H2,1-2H3. The highest BCUT2D eigenvalue weighted by molar-refractivity contribution is 5.68. The molecule has 0 unspecified atom stereocenters. The minimum absolute atomic E-state index is 0.724. The van der Waals surface area contributed by atoms with Crippen LogP contribution < -0.4 is 0 Å². The second-order valence-electron chi connectivity index (χ2n) is 8.39. The second kappa shape index (κ2) is 9.93. The monoisotopic (exact) mass is 360 g/mol. The Morgan fingerprint density at radius 3 is 2.30 bits per heavy atom. The minimum atomic E-state index is 0.724. The zero-order valence-corrected chi connectivity index (χ0v) is 17.3. The van der Waals surface area contributed by atoms with Crippen LogP contribution in [0.2, 0.25) is 0 Å². The smallest absolute Gasteiger partial charge is 0.0149 e. The molecule has 0 bridgehead atoms. The van der Waals surface area contributed by atoms with Crippen molar-refractivity contribution in [2.45, 2.75) is 77.6 Å². The fourth-order valence-corrected chi connectivity index (χ4v) is 4.60. The van der Waals surface area contributed by atoms with Gasteiger partial charge in [0.25, 0.3) is 0 Å². The molecule has 0 amide bonds. The van der Waals surface area contributed by atoms with Crippen LogP contribution in [-0.2, 0) is 6.42 Å². The van der Waals surface area contributed by atoms with Gasteiger partial charge < -0.3 is 0 Å². The summed E-state index contributed by atoms with van der Waals surface area (Å²) in [5, 5.41) is 0. The first-order valence-electron chi connectivity index (χ1n) is 11.1. The van der Waals surface area contributed by atoms with Crippen molar-refractivity contribution in [1.82, 2.24) is 0 Å². The highest BCUT2D eigenvalue weighted by atomic mass is 14.3. The minimum Gasteiger partial charge on any atom is -0.0999 e. The molecule has 2 aromatic rings. The number of aryl methyl sites for hydroxylation is 1. The largest absolute Gasteiger partial charge is 0.0999 e. The number of hydrogen-bond acceptors (Lipinski definition) is 0. The summed E-state index contributed by atoms with van der Waals surface area (Å²) in [6.45, 7) is 8.66. The summed E-state index contributed by atoms with van der Waals surface area (Å²) < 4.78 is 0. The maximum Gasteiger partial charge on any atom is -0.0149 e. The Morgan fingerprint density at radius 1 is 0.926 bits per heavy atom. The molecule has 0 heteroatoms. The van der Waals surface area contributed by atoms with Gasteiger partial charge in [0.15, 0.2) is 0 Å². The molecule has 0 N–H and O–H groups in total. The van der Waals surface area contributed by atoms with Crippen LogP contribution in [0, 0.1) is 5.92 Å². The molecular weight excluding hydrogens is 324 g/mol. The van der Waals surface area contributed by atoms with E-state index in [4.69, 9.17) is 0 Å². The molecule has 0 radical (unpaired) electrons. The van der Waals surface area contributed by atoms with Crippen LogP contribution >= 0.6 is 0 Å². The molecule has 144 valence electrons. The molecule has 3 rings (SSSR count). The first-order chi connectivity index (χ1) is 13.2. The number of hydrogen-bond donors (Lipinski definition) is 0. The van der Waals surface area contributed by atoms with Gasteiger partial charge >= 0.3 is 0 Å². The lowest BCUT2D eigenvalue weighted by Gasteiger charge is -2.30. The molecule has 1 aliphatic rings. The van der Waals surface area contributed by atoms with Crippen molar-refractivity contribution in [3.63, 3.8) is 0 Å². The molecule has 0 atom stereocenters. The molecule has 27 heavy (non-hydrogen) atoms. The first-order valence-corrected chi connectivity index (χ1v) is 11.1. The van der Waals surface area contributed by atoms with Gasteiger partial charge in [0, 0.05) is 0 Å². The fraction of sp³-hybridized carbons (Fsp3) is 0.481. The maximum atomic E-state index is 4.18. The van der Waals surface area contributed by atoms with E-state index in [-0.39, 0.29) is 0 Å². The van der Waals surface area contributed by atoms with E-state index in [1.807, 2.05) is 0 Å². The molecular formula is C27H36. The van der Waals surface area contributed by atoms with Crippen LogP contribution in [0.25, 0.3) is 11.1 Å². The lowest BCUT2D eigenvalue weighted by atomic mass is 9.75. The molecule has 0 saturated heterocycles. The number of benzene rings is 2. The lowest BCUT2D eigenvalue weighted by molar-refractivity contribution is 0.310. The van der Waals surface area contributed by atoms with Crippen molar-refractivity contribution in [3.8, 4) is 11.1 Å². The zero-order valence-electron chi connectivity index (χ0n) is 17.3. The lowest BCUT2D eigenvalue weighted by Crippen LogP contribution is -2.14. The Balaban J connectivity index is 1.67. The topological polar surface area (TPSA) is 0 Å². The van der Waals surface area contributed by atoms with Crippen molar-refractivity contribution in [3.05, 3.63) is 71.8 Å². The Labute approximate surface area is 166 Å². The highest BCUT2D eigenvalue weighted by Gasteiger charge is 2.24. The van der Waals surface area contributed by atoms with E-state index in [0.717, 1.165) is 18.3 Å². The van der Waals surface area contributed by atoms with E-state index >= 15 is 0 Å². The van der Waals surface area contributed by atoms with Gasteiger partial charge in [-0.3, -0.25) is 0 Å². The predicted octanol–water partition coefficient (Wildman–Crippen LogP) is 8.33. The third-order valence-corrected chi connectivity index (χ3v) is 6.46. The van der Waals surface area contributed by atoms with E-state index in [1.165, 1.54) is 73.6 Å². The third-order valence-electron chi connectivity index (χ3n) is 6.46. The van der Waals surface area contributed by atoms with Crippen LogP contribution in [0.1, 0.15) is 82.3 Å². The first kappa shape index (κ1) is 19.9. The van der Waals surface area contributed by atoms with Gasteiger partial charge in [0.05, 0.1) is 0 Å². The third kappa shape index (κ3) is 5.34. The van der Waals surface area contributed by atoms with Crippen LogP contribution in [0.4, 0.5) is 0 Å². The van der Waals surface area contributed by atoms with E-state index in [1.54, 1.807) is 5.56 Å². The average Bonchev–Trinajstić information content (AvgIpc) is 2.73. The summed E-state index contributed by atoms with van der Waals surface area (Å²) >= 11 is 0. The SMILES string of the molecule is C=C(CC)CCC1CCC(c2ccccc2-c2ccc(CCC)cc2)CC1. The van der Waals surface area contributed by atoms with Gasteiger partial charge in [-0.2, -0.15) is 0 Å². The quantitative estimate of drug-likeness (QED) is 0.415. The number of rotatable bonds is 8. The van der Waals surface area contributed by atoms with Gasteiger partial charge in [0.1, 0.15) is 0 Å². The fourth-order valence-electron chi connectivity index (χ4n) is 4.60. The Hall–Kier alpha value is -1.82. The summed E-state index contributed by atoms with van der Waals surface area (Å²) in [6, 6.07) is 18.4. The van der Waals surface area contributed by atoms with Crippen LogP contribution in [0.15, 0.2) is 60.7 Å². The van der Waals surface area contributed by atoms with E-state index < -0.39 is 0 Å². The molecule has 1 aliphatic carbocycles. The molecule has 0 heterocycles. The Kier molecular flexibility index (Phi) is 7.33. The van der Waals surface area contributed by atoms with Crippen LogP contribution in [-0.4, -0.2) is 0 Å². The molecule has 2 aromatic carbocycles. The van der Waals surface area contributed by atoms with Crippen molar-refractivity contribution in [2.75, 3.05) is 0 Å². The van der Waals surface area contributed by atoms with Gasteiger partial charge in [-0.1, -0.05) is 81.0 Å². The number of allylic oxidation sites excluding steroid dienone is 1. The Bertz CT molecular complexity index is 714. The van der Waals surface area contributed by atoms with Gasteiger partial charge in [-0.05, 0) is 85.5 Å². The van der Waals surface area contributed by atoms with Crippen molar-refractivity contribution >= 4 is 0 Å². The second-order valence-corrected chi connectivity index (χ2v) is 8.39. The van der Waals surface area contributed by atoms with Gasteiger partial charge in [-0.15, -0.1) is 0 Å². The van der Waals surface area contributed by atoms with E-state index in [9.17, 15) is 0 Å². The summed E-state index contributed by atoms with van der Waals surface area (Å²) in [6.07, 6.45) is 11.5. The summed E-state index contributed by atoms with van der Waals surface area (Å²) in [5.74, 6) is 1.63. The molecule has 1 saturated carbocycles. The summed E-state index contributed by atoms with van der Waals surface area (Å²) in [5.41, 5.74) is 7.27. The molecule has 1 fully saturated rings. The predicted molar refractivity (Wildman–Crippen MR) is 119 cm³/mol. The normalized spacial score (nSPS) is 19.8. The zero-order chi connectivity index (χ0) is 19.1. The van der Waals surface area contributed by atoms with Crippen LogP contribution in [0.5, 0.6) is 0 Å². The van der Waals surface area contributed by atoms with Crippen molar-refractivity contribution in [2.24, 2.45) is 5.92 Å².